The number of rotatable bonds is 4. The van der Waals surface area contributed by atoms with Crippen molar-refractivity contribution in [3.8, 4) is 16.9 Å². The molecule has 2 heterocycles. The molecule has 2 unspecified atom stereocenters. The smallest absolute Gasteiger partial charge is 0.410 e. The zero-order valence-electron chi connectivity index (χ0n) is 21.3. The molecule has 190 valence electrons. The van der Waals surface area contributed by atoms with E-state index in [1.165, 1.54) is 33.2 Å². The largest absolute Gasteiger partial charge is 0.496 e. The molecule has 4 aromatic rings. The highest BCUT2D eigenvalue weighted by Crippen LogP contribution is 2.45. The first-order chi connectivity index (χ1) is 18.7. The van der Waals surface area contributed by atoms with Crippen molar-refractivity contribution in [2.45, 2.75) is 24.4 Å². The minimum Gasteiger partial charge on any atom is -0.496 e. The molecule has 0 N–H and O–H groups in total. The molecule has 3 aliphatic rings. The van der Waals surface area contributed by atoms with E-state index >= 15 is 0 Å². The highest BCUT2D eigenvalue weighted by atomic mass is 16.6. The number of hydrogen-bond donors (Lipinski definition) is 0. The van der Waals surface area contributed by atoms with Crippen LogP contribution < -0.4 is 4.74 Å². The monoisotopic (exact) mass is 503 g/mol. The van der Waals surface area contributed by atoms with Crippen LogP contribution in [0.2, 0.25) is 0 Å². The first kappa shape index (κ1) is 23.1. The lowest BCUT2D eigenvalue weighted by atomic mass is 9.87. The lowest BCUT2D eigenvalue weighted by Crippen LogP contribution is -2.56. The molecule has 5 nitrogen and oxygen atoms in total. The van der Waals surface area contributed by atoms with Gasteiger partial charge in [-0.15, -0.1) is 0 Å². The number of carbonyl (C=O) groups excluding carboxylic acids is 1. The second kappa shape index (κ2) is 9.34. The van der Waals surface area contributed by atoms with Gasteiger partial charge in [-0.3, -0.25) is 4.90 Å². The summed E-state index contributed by atoms with van der Waals surface area (Å²) in [5, 5.41) is 2.33. The molecule has 1 amide bonds. The van der Waals surface area contributed by atoms with Crippen LogP contribution in [0.25, 0.3) is 27.5 Å². The molecule has 0 radical (unpaired) electrons. The van der Waals surface area contributed by atoms with Crippen LogP contribution >= 0.6 is 0 Å². The summed E-state index contributed by atoms with van der Waals surface area (Å²) in [4.78, 5) is 15.5. The fraction of sp³-hybridized carbons (Fsp3) is 0.242. The Labute approximate surface area is 222 Å². The van der Waals surface area contributed by atoms with Gasteiger partial charge in [0.05, 0.1) is 32.4 Å². The van der Waals surface area contributed by atoms with Gasteiger partial charge in [0.15, 0.2) is 0 Å². The molecule has 0 saturated carbocycles. The summed E-state index contributed by atoms with van der Waals surface area (Å²) in [7, 11) is 1.71. The Bertz CT molecular complexity index is 1530. The van der Waals surface area contributed by atoms with E-state index in [-0.39, 0.29) is 24.1 Å². The molecule has 1 fully saturated rings. The number of morpholine rings is 1. The highest BCUT2D eigenvalue weighted by Gasteiger charge is 2.40. The summed E-state index contributed by atoms with van der Waals surface area (Å²) in [5.41, 5.74) is 7.19. The van der Waals surface area contributed by atoms with Crippen LogP contribution in [-0.2, 0) is 9.47 Å². The topological polar surface area (TPSA) is 48.0 Å². The average Bonchev–Trinajstić information content (AvgIpc) is 3.28. The molecule has 38 heavy (non-hydrogen) atoms. The van der Waals surface area contributed by atoms with Gasteiger partial charge in [0, 0.05) is 11.5 Å². The first-order valence-electron chi connectivity index (χ1n) is 13.2. The van der Waals surface area contributed by atoms with E-state index in [0.29, 0.717) is 26.2 Å². The summed E-state index contributed by atoms with van der Waals surface area (Å²) in [6.07, 6.45) is 2.58. The third kappa shape index (κ3) is 3.69. The van der Waals surface area contributed by atoms with Crippen molar-refractivity contribution in [2.24, 2.45) is 0 Å². The maximum absolute atomic E-state index is 13.6. The third-order valence-electron chi connectivity index (χ3n) is 8.18. The van der Waals surface area contributed by atoms with Gasteiger partial charge in [-0.1, -0.05) is 84.9 Å². The maximum Gasteiger partial charge on any atom is 0.410 e. The van der Waals surface area contributed by atoms with Gasteiger partial charge in [0.25, 0.3) is 0 Å². The van der Waals surface area contributed by atoms with E-state index in [2.05, 4.69) is 84.9 Å². The molecular weight excluding hydrogens is 474 g/mol. The zero-order valence-corrected chi connectivity index (χ0v) is 21.3. The molecule has 1 aliphatic carbocycles. The lowest BCUT2D eigenvalue weighted by Gasteiger charge is -2.44. The molecule has 0 spiro atoms. The second-order valence-corrected chi connectivity index (χ2v) is 10.2. The minimum absolute atomic E-state index is 0.0401. The molecule has 5 heteroatoms. The van der Waals surface area contributed by atoms with Gasteiger partial charge in [-0.05, 0) is 51.1 Å². The van der Waals surface area contributed by atoms with E-state index < -0.39 is 0 Å². The molecule has 2 atom stereocenters. The van der Waals surface area contributed by atoms with Crippen molar-refractivity contribution < 1.29 is 19.0 Å². The lowest BCUT2D eigenvalue weighted by molar-refractivity contribution is -0.0331. The van der Waals surface area contributed by atoms with Crippen LogP contribution in [0.4, 0.5) is 4.79 Å². The first-order valence-corrected chi connectivity index (χ1v) is 13.2. The molecule has 1 saturated heterocycles. The average molecular weight is 504 g/mol. The Hall–Kier alpha value is -4.09. The number of fused-ring (bicyclic) bond motifs is 6. The van der Waals surface area contributed by atoms with Gasteiger partial charge in [0.2, 0.25) is 0 Å². The van der Waals surface area contributed by atoms with E-state index in [4.69, 9.17) is 14.2 Å². The normalized spacial score (nSPS) is 20.0. The molecule has 7 rings (SSSR count). The molecule has 2 aliphatic heterocycles. The summed E-state index contributed by atoms with van der Waals surface area (Å²) in [6, 6.07) is 29.0. The third-order valence-corrected chi connectivity index (χ3v) is 8.18. The fourth-order valence-electron chi connectivity index (χ4n) is 6.49. The number of ether oxygens (including phenoxy) is 3. The van der Waals surface area contributed by atoms with Crippen molar-refractivity contribution in [2.75, 3.05) is 26.9 Å². The molecule has 4 aromatic carbocycles. The molecule has 2 bridgehead atoms. The standard InChI is InChI=1S/C33H29NO4/c1-36-31-15-14-21-8-2-3-9-25(21)32(31)22-16-23-18-37-19-24(17-22)34(23)33(35)38-20-30-28-12-6-4-10-26(28)27-11-5-7-13-29(27)30/h2-16,23-24,30H,17-20H2,1H3. The van der Waals surface area contributed by atoms with Crippen LogP contribution in [0, 0.1) is 0 Å². The van der Waals surface area contributed by atoms with Crippen molar-refractivity contribution in [1.29, 1.82) is 0 Å². The number of nitrogens with zero attached hydrogens (tertiary/aromatic N) is 1. The van der Waals surface area contributed by atoms with Gasteiger partial charge >= 0.3 is 6.09 Å². The predicted molar refractivity (Wildman–Crippen MR) is 148 cm³/mol. The Kier molecular flexibility index (Phi) is 5.67. The van der Waals surface area contributed by atoms with Crippen molar-refractivity contribution in [1.82, 2.24) is 4.90 Å². The Morgan fingerprint density at radius 1 is 0.895 bits per heavy atom. The minimum atomic E-state index is -0.273. The van der Waals surface area contributed by atoms with Crippen molar-refractivity contribution in [3.63, 3.8) is 0 Å². The number of methoxy groups -OCH3 is 1. The fourth-order valence-corrected chi connectivity index (χ4v) is 6.49. The van der Waals surface area contributed by atoms with Crippen molar-refractivity contribution >= 4 is 22.4 Å². The van der Waals surface area contributed by atoms with Crippen LogP contribution in [0.15, 0.2) is 91.0 Å². The Balaban J connectivity index is 1.17. The van der Waals surface area contributed by atoms with Gasteiger partial charge in [-0.25, -0.2) is 4.79 Å². The van der Waals surface area contributed by atoms with E-state index in [1.54, 1.807) is 7.11 Å². The number of hydrogen-bond acceptors (Lipinski definition) is 4. The van der Waals surface area contributed by atoms with Gasteiger partial charge < -0.3 is 14.2 Å². The Morgan fingerprint density at radius 2 is 1.61 bits per heavy atom. The number of amides is 1. The second-order valence-electron chi connectivity index (χ2n) is 10.2. The van der Waals surface area contributed by atoms with Crippen LogP contribution in [0.1, 0.15) is 29.0 Å². The summed E-state index contributed by atoms with van der Waals surface area (Å²) in [6.45, 7) is 1.26. The summed E-state index contributed by atoms with van der Waals surface area (Å²) < 4.78 is 17.7. The Morgan fingerprint density at radius 3 is 2.34 bits per heavy atom. The predicted octanol–water partition coefficient (Wildman–Crippen LogP) is 6.65. The highest BCUT2D eigenvalue weighted by molar-refractivity contribution is 5.97. The van der Waals surface area contributed by atoms with E-state index in [9.17, 15) is 4.79 Å². The number of benzene rings is 4. The SMILES string of the molecule is COc1ccc2ccccc2c1C1=CC2COCC(C1)N2C(=O)OCC1c2ccccc2-c2ccccc21. The summed E-state index contributed by atoms with van der Waals surface area (Å²) >= 11 is 0. The van der Waals surface area contributed by atoms with Gasteiger partial charge in [-0.2, -0.15) is 0 Å². The van der Waals surface area contributed by atoms with E-state index in [1.807, 2.05) is 11.0 Å². The van der Waals surface area contributed by atoms with E-state index in [0.717, 1.165) is 16.7 Å². The van der Waals surface area contributed by atoms with Gasteiger partial charge in [0.1, 0.15) is 12.4 Å². The van der Waals surface area contributed by atoms with Crippen LogP contribution in [0.5, 0.6) is 5.75 Å². The molecular formula is C33H29NO4. The van der Waals surface area contributed by atoms with Crippen LogP contribution in [-0.4, -0.2) is 50.0 Å². The quantitative estimate of drug-likeness (QED) is 0.313. The van der Waals surface area contributed by atoms with Crippen LogP contribution in [0.3, 0.4) is 0 Å². The van der Waals surface area contributed by atoms with Crippen molar-refractivity contribution in [3.05, 3.63) is 108 Å². The summed E-state index contributed by atoms with van der Waals surface area (Å²) in [5.74, 6) is 0.891. The zero-order chi connectivity index (χ0) is 25.6. The molecule has 0 aromatic heterocycles. The maximum atomic E-state index is 13.6. The number of carbonyl (C=O) groups is 1.